The largest absolute Gasteiger partial charge is 0.341 e. The molecule has 0 bridgehead atoms. The Balaban J connectivity index is 2.03. The van der Waals surface area contributed by atoms with Crippen molar-refractivity contribution in [1.82, 2.24) is 10.2 Å². The number of amides is 2. The molecule has 0 heterocycles. The van der Waals surface area contributed by atoms with Crippen LogP contribution in [0.15, 0.2) is 54.6 Å². The van der Waals surface area contributed by atoms with Gasteiger partial charge < -0.3 is 16.0 Å². The summed E-state index contributed by atoms with van der Waals surface area (Å²) in [6.45, 7) is 3.23. The van der Waals surface area contributed by atoms with Crippen molar-refractivity contribution in [2.24, 2.45) is 5.73 Å². The fraction of sp³-hybridized carbons (Fsp3) is 0.300. The van der Waals surface area contributed by atoms with Crippen LogP contribution in [0.25, 0.3) is 0 Å². The summed E-state index contributed by atoms with van der Waals surface area (Å²) in [7, 11) is 0. The molecule has 6 heteroatoms. The molecule has 2 amide bonds. The first-order valence-electron chi connectivity index (χ1n) is 8.60. The second kappa shape index (κ2) is 9.94. The molecule has 0 radical (unpaired) electrons. The number of carbonyl (C=O) groups is 2. The van der Waals surface area contributed by atoms with Gasteiger partial charge in [-0.1, -0.05) is 41.9 Å². The Morgan fingerprint density at radius 2 is 1.77 bits per heavy atom. The maximum absolute atomic E-state index is 12.8. The molecule has 3 N–H and O–H groups in total. The summed E-state index contributed by atoms with van der Waals surface area (Å²) in [5.41, 5.74) is 7.10. The van der Waals surface area contributed by atoms with Crippen LogP contribution in [0.2, 0.25) is 5.02 Å². The molecule has 0 aliphatic heterocycles. The fourth-order valence-corrected chi connectivity index (χ4v) is 2.70. The number of carbonyl (C=O) groups excluding carboxylic acids is 2. The Hall–Kier alpha value is -2.37. The summed E-state index contributed by atoms with van der Waals surface area (Å²) in [6, 6.07) is 15.7. The van der Waals surface area contributed by atoms with Crippen LogP contribution in [0.4, 0.5) is 0 Å². The maximum Gasteiger partial charge on any atom is 0.251 e. The Morgan fingerprint density at radius 3 is 2.38 bits per heavy atom. The Bertz CT molecular complexity index is 720. The molecule has 0 saturated heterocycles. The first kappa shape index (κ1) is 19.9. The second-order valence-corrected chi connectivity index (χ2v) is 6.53. The van der Waals surface area contributed by atoms with E-state index in [1.54, 1.807) is 36.1 Å². The van der Waals surface area contributed by atoms with Gasteiger partial charge in [0.2, 0.25) is 5.91 Å². The standard InChI is InChI=1S/C20H24ClN3O2/c1-15(23-19(25)17-8-10-18(21)11-9-17)20(26)24(13-5-12-22)14-16-6-3-2-4-7-16/h2-4,6-11,15H,5,12-14,22H2,1H3,(H,23,25). The normalized spacial score (nSPS) is 11.7. The van der Waals surface area contributed by atoms with Gasteiger partial charge in [-0.3, -0.25) is 9.59 Å². The third-order valence-electron chi connectivity index (χ3n) is 3.98. The van der Waals surface area contributed by atoms with Gasteiger partial charge in [0.1, 0.15) is 6.04 Å². The van der Waals surface area contributed by atoms with Crippen molar-refractivity contribution in [3.8, 4) is 0 Å². The number of hydrogen-bond donors (Lipinski definition) is 2. The number of halogens is 1. The smallest absolute Gasteiger partial charge is 0.251 e. The molecule has 2 aromatic rings. The highest BCUT2D eigenvalue weighted by atomic mass is 35.5. The molecule has 0 aliphatic rings. The number of rotatable bonds is 8. The monoisotopic (exact) mass is 373 g/mol. The summed E-state index contributed by atoms with van der Waals surface area (Å²) in [4.78, 5) is 26.9. The summed E-state index contributed by atoms with van der Waals surface area (Å²) in [5, 5.41) is 3.31. The van der Waals surface area contributed by atoms with E-state index in [4.69, 9.17) is 17.3 Å². The van der Waals surface area contributed by atoms with Crippen molar-refractivity contribution in [1.29, 1.82) is 0 Å². The van der Waals surface area contributed by atoms with Gasteiger partial charge in [-0.25, -0.2) is 0 Å². The molecule has 0 saturated carbocycles. The first-order chi connectivity index (χ1) is 12.5. The average Bonchev–Trinajstić information content (AvgIpc) is 2.65. The Kier molecular flexibility index (Phi) is 7.63. The van der Waals surface area contributed by atoms with Crippen molar-refractivity contribution >= 4 is 23.4 Å². The quantitative estimate of drug-likeness (QED) is 0.747. The van der Waals surface area contributed by atoms with E-state index in [0.29, 0.717) is 36.6 Å². The van der Waals surface area contributed by atoms with Gasteiger partial charge in [0.05, 0.1) is 0 Å². The topological polar surface area (TPSA) is 75.4 Å². The third-order valence-corrected chi connectivity index (χ3v) is 4.24. The van der Waals surface area contributed by atoms with Crippen LogP contribution in [0.3, 0.4) is 0 Å². The van der Waals surface area contributed by atoms with Crippen molar-refractivity contribution in [2.75, 3.05) is 13.1 Å². The maximum atomic E-state index is 12.8. The molecule has 5 nitrogen and oxygen atoms in total. The van der Waals surface area contributed by atoms with E-state index in [-0.39, 0.29) is 11.8 Å². The minimum atomic E-state index is -0.639. The van der Waals surface area contributed by atoms with Gasteiger partial charge in [0.25, 0.3) is 5.91 Å². The Morgan fingerprint density at radius 1 is 1.12 bits per heavy atom. The van der Waals surface area contributed by atoms with E-state index in [1.807, 2.05) is 30.3 Å². The summed E-state index contributed by atoms with van der Waals surface area (Å²) < 4.78 is 0. The van der Waals surface area contributed by atoms with Crippen molar-refractivity contribution in [3.05, 3.63) is 70.7 Å². The molecule has 0 aromatic heterocycles. The summed E-state index contributed by atoms with van der Waals surface area (Å²) in [5.74, 6) is -0.439. The molecule has 1 atom stereocenters. The van der Waals surface area contributed by atoms with Gasteiger partial charge in [-0.15, -0.1) is 0 Å². The number of benzene rings is 2. The van der Waals surface area contributed by atoms with E-state index in [2.05, 4.69) is 5.32 Å². The minimum absolute atomic E-state index is 0.135. The van der Waals surface area contributed by atoms with Crippen LogP contribution in [-0.2, 0) is 11.3 Å². The molecule has 0 spiro atoms. The number of hydrogen-bond acceptors (Lipinski definition) is 3. The van der Waals surface area contributed by atoms with Crippen LogP contribution >= 0.6 is 11.6 Å². The molecule has 0 aliphatic carbocycles. The molecule has 0 fully saturated rings. The van der Waals surface area contributed by atoms with E-state index in [0.717, 1.165) is 5.56 Å². The lowest BCUT2D eigenvalue weighted by molar-refractivity contribution is -0.133. The zero-order valence-electron chi connectivity index (χ0n) is 14.8. The van der Waals surface area contributed by atoms with Crippen molar-refractivity contribution < 1.29 is 9.59 Å². The zero-order valence-corrected chi connectivity index (χ0v) is 15.6. The van der Waals surface area contributed by atoms with Crippen LogP contribution in [0.5, 0.6) is 0 Å². The minimum Gasteiger partial charge on any atom is -0.341 e. The van der Waals surface area contributed by atoms with E-state index in [9.17, 15) is 9.59 Å². The molecule has 2 aromatic carbocycles. The predicted octanol–water partition coefficient (Wildman–Crippen LogP) is 2.84. The number of nitrogens with zero attached hydrogens (tertiary/aromatic N) is 1. The van der Waals surface area contributed by atoms with Gasteiger partial charge in [0.15, 0.2) is 0 Å². The second-order valence-electron chi connectivity index (χ2n) is 6.09. The number of nitrogens with two attached hydrogens (primary N) is 1. The van der Waals surface area contributed by atoms with Crippen LogP contribution < -0.4 is 11.1 Å². The fourth-order valence-electron chi connectivity index (χ4n) is 2.57. The van der Waals surface area contributed by atoms with Gasteiger partial charge in [-0.05, 0) is 49.7 Å². The summed E-state index contributed by atoms with van der Waals surface area (Å²) in [6.07, 6.45) is 0.705. The van der Waals surface area contributed by atoms with E-state index >= 15 is 0 Å². The lowest BCUT2D eigenvalue weighted by Crippen LogP contribution is -2.47. The van der Waals surface area contributed by atoms with Gasteiger partial charge >= 0.3 is 0 Å². The van der Waals surface area contributed by atoms with Crippen molar-refractivity contribution in [3.63, 3.8) is 0 Å². The first-order valence-corrected chi connectivity index (χ1v) is 8.98. The highest BCUT2D eigenvalue weighted by molar-refractivity contribution is 6.30. The highest BCUT2D eigenvalue weighted by Crippen LogP contribution is 2.11. The third kappa shape index (κ3) is 5.86. The SMILES string of the molecule is CC(NC(=O)c1ccc(Cl)cc1)C(=O)N(CCCN)Cc1ccccc1. The molecule has 138 valence electrons. The highest BCUT2D eigenvalue weighted by Gasteiger charge is 2.22. The van der Waals surface area contributed by atoms with Gasteiger partial charge in [-0.2, -0.15) is 0 Å². The number of nitrogens with one attached hydrogen (secondary N) is 1. The molecular formula is C20H24ClN3O2. The van der Waals surface area contributed by atoms with E-state index < -0.39 is 6.04 Å². The summed E-state index contributed by atoms with van der Waals surface area (Å²) >= 11 is 5.84. The van der Waals surface area contributed by atoms with Crippen molar-refractivity contribution in [2.45, 2.75) is 25.9 Å². The zero-order chi connectivity index (χ0) is 18.9. The lowest BCUT2D eigenvalue weighted by Gasteiger charge is -2.26. The molecule has 26 heavy (non-hydrogen) atoms. The van der Waals surface area contributed by atoms with Crippen LogP contribution in [0.1, 0.15) is 29.3 Å². The predicted molar refractivity (Wildman–Crippen MR) is 104 cm³/mol. The van der Waals surface area contributed by atoms with Gasteiger partial charge in [0, 0.05) is 23.7 Å². The average molecular weight is 374 g/mol. The Labute approximate surface area is 159 Å². The molecule has 2 rings (SSSR count). The van der Waals surface area contributed by atoms with Crippen LogP contribution in [0, 0.1) is 0 Å². The lowest BCUT2D eigenvalue weighted by atomic mass is 10.1. The molecule has 1 unspecified atom stereocenters. The van der Waals surface area contributed by atoms with E-state index in [1.165, 1.54) is 0 Å². The van der Waals surface area contributed by atoms with Crippen LogP contribution in [-0.4, -0.2) is 35.8 Å². The molecular weight excluding hydrogens is 350 g/mol.